The molecule has 0 saturated carbocycles. The van der Waals surface area contributed by atoms with Crippen LogP contribution in [0.2, 0.25) is 0 Å². The molecule has 3 unspecified atom stereocenters. The fourth-order valence-electron chi connectivity index (χ4n) is 2.55. The topological polar surface area (TPSA) is 58.4 Å². The molecular weight excluding hydrogens is 202 g/mol. The van der Waals surface area contributed by atoms with Crippen molar-refractivity contribution >= 4 is 5.91 Å². The predicted octanol–water partition coefficient (Wildman–Crippen LogP) is 0.713. The fourth-order valence-corrected chi connectivity index (χ4v) is 2.55. The number of likely N-dealkylation sites (N-methyl/N-ethyl adjacent to an activating group) is 1. The highest BCUT2D eigenvalue weighted by Gasteiger charge is 2.28. The van der Waals surface area contributed by atoms with Crippen molar-refractivity contribution in [3.8, 4) is 0 Å². The maximum Gasteiger partial charge on any atom is 0.235 e. The standard InChI is InChI=1S/C12H25N3O/c1-4-14-11(12(13)16)8-15-9(2)6-5-7-10(15)3/h9-11,14H,4-8H2,1-3H3,(H2,13,16). The van der Waals surface area contributed by atoms with E-state index in [1.54, 1.807) is 0 Å². The van der Waals surface area contributed by atoms with Crippen LogP contribution < -0.4 is 11.1 Å². The third kappa shape index (κ3) is 3.46. The first kappa shape index (κ1) is 13.5. The molecule has 1 rings (SSSR count). The first-order valence-corrected chi connectivity index (χ1v) is 6.34. The molecule has 1 aliphatic rings. The minimum absolute atomic E-state index is 0.215. The number of hydrogen-bond acceptors (Lipinski definition) is 3. The molecule has 0 aromatic rings. The molecule has 1 heterocycles. The van der Waals surface area contributed by atoms with Gasteiger partial charge in [-0.15, -0.1) is 0 Å². The normalized spacial score (nSPS) is 28.9. The minimum atomic E-state index is -0.244. The lowest BCUT2D eigenvalue weighted by atomic mass is 9.97. The molecule has 0 aromatic heterocycles. The van der Waals surface area contributed by atoms with Gasteiger partial charge in [-0.05, 0) is 33.2 Å². The van der Waals surface area contributed by atoms with E-state index in [9.17, 15) is 4.79 Å². The van der Waals surface area contributed by atoms with Crippen LogP contribution in [0.1, 0.15) is 40.0 Å². The van der Waals surface area contributed by atoms with Crippen LogP contribution in [0, 0.1) is 0 Å². The summed E-state index contributed by atoms with van der Waals surface area (Å²) in [7, 11) is 0. The zero-order valence-corrected chi connectivity index (χ0v) is 10.7. The van der Waals surface area contributed by atoms with E-state index in [1.807, 2.05) is 6.92 Å². The monoisotopic (exact) mass is 227 g/mol. The summed E-state index contributed by atoms with van der Waals surface area (Å²) in [6.45, 7) is 7.99. The number of nitrogens with two attached hydrogens (primary N) is 1. The van der Waals surface area contributed by atoms with E-state index in [2.05, 4.69) is 24.1 Å². The lowest BCUT2D eigenvalue weighted by Crippen LogP contribution is -2.54. The van der Waals surface area contributed by atoms with Gasteiger partial charge in [0, 0.05) is 18.6 Å². The fraction of sp³-hybridized carbons (Fsp3) is 0.917. The van der Waals surface area contributed by atoms with Crippen LogP contribution in [-0.2, 0) is 4.79 Å². The number of likely N-dealkylation sites (tertiary alicyclic amines) is 1. The summed E-state index contributed by atoms with van der Waals surface area (Å²) in [5.74, 6) is -0.244. The molecule has 0 aliphatic carbocycles. The van der Waals surface area contributed by atoms with Gasteiger partial charge in [-0.25, -0.2) is 0 Å². The van der Waals surface area contributed by atoms with Gasteiger partial charge >= 0.3 is 0 Å². The lowest BCUT2D eigenvalue weighted by Gasteiger charge is -2.40. The van der Waals surface area contributed by atoms with E-state index in [-0.39, 0.29) is 11.9 Å². The molecular formula is C12H25N3O. The summed E-state index contributed by atoms with van der Waals surface area (Å²) >= 11 is 0. The summed E-state index contributed by atoms with van der Waals surface area (Å²) in [6, 6.07) is 0.904. The molecule has 0 bridgehead atoms. The Morgan fingerprint density at radius 1 is 1.44 bits per heavy atom. The molecule has 94 valence electrons. The molecule has 1 fully saturated rings. The second kappa shape index (κ2) is 6.21. The smallest absolute Gasteiger partial charge is 0.235 e. The quantitative estimate of drug-likeness (QED) is 0.727. The Morgan fingerprint density at radius 2 is 2.00 bits per heavy atom. The molecule has 0 aromatic carbocycles. The molecule has 16 heavy (non-hydrogen) atoms. The summed E-state index contributed by atoms with van der Waals surface area (Å²) in [4.78, 5) is 13.7. The Morgan fingerprint density at radius 3 is 2.44 bits per heavy atom. The van der Waals surface area contributed by atoms with Crippen LogP contribution in [0.25, 0.3) is 0 Å². The first-order chi connectivity index (χ1) is 7.56. The molecule has 4 heteroatoms. The molecule has 0 radical (unpaired) electrons. The second-order valence-electron chi connectivity index (χ2n) is 4.84. The number of nitrogens with one attached hydrogen (secondary N) is 1. The Bertz CT molecular complexity index is 222. The number of amides is 1. The van der Waals surface area contributed by atoms with E-state index >= 15 is 0 Å². The number of hydrogen-bond donors (Lipinski definition) is 2. The van der Waals surface area contributed by atoms with Crippen molar-refractivity contribution < 1.29 is 4.79 Å². The third-order valence-corrected chi connectivity index (χ3v) is 3.56. The summed E-state index contributed by atoms with van der Waals surface area (Å²) < 4.78 is 0. The van der Waals surface area contributed by atoms with E-state index < -0.39 is 0 Å². The van der Waals surface area contributed by atoms with E-state index in [1.165, 1.54) is 19.3 Å². The number of carbonyl (C=O) groups is 1. The number of nitrogens with zero attached hydrogens (tertiary/aromatic N) is 1. The van der Waals surface area contributed by atoms with Crippen LogP contribution >= 0.6 is 0 Å². The van der Waals surface area contributed by atoms with Crippen LogP contribution in [0.15, 0.2) is 0 Å². The zero-order valence-electron chi connectivity index (χ0n) is 10.7. The third-order valence-electron chi connectivity index (χ3n) is 3.56. The van der Waals surface area contributed by atoms with Gasteiger partial charge in [-0.3, -0.25) is 9.69 Å². The van der Waals surface area contributed by atoms with Crippen molar-refractivity contribution in [2.24, 2.45) is 5.73 Å². The van der Waals surface area contributed by atoms with Gasteiger partial charge < -0.3 is 11.1 Å². The average molecular weight is 227 g/mol. The minimum Gasteiger partial charge on any atom is -0.368 e. The van der Waals surface area contributed by atoms with E-state index in [4.69, 9.17) is 5.73 Å². The highest BCUT2D eigenvalue weighted by atomic mass is 16.1. The Labute approximate surface area is 98.6 Å². The van der Waals surface area contributed by atoms with E-state index in [0.29, 0.717) is 12.1 Å². The summed E-state index contributed by atoms with van der Waals surface area (Å²) in [5.41, 5.74) is 5.40. The van der Waals surface area contributed by atoms with Crippen molar-refractivity contribution in [3.05, 3.63) is 0 Å². The molecule has 3 atom stereocenters. The van der Waals surface area contributed by atoms with Gasteiger partial charge in [0.1, 0.15) is 0 Å². The number of primary amides is 1. The predicted molar refractivity (Wildman–Crippen MR) is 66.1 cm³/mol. The van der Waals surface area contributed by atoms with Crippen LogP contribution in [-0.4, -0.2) is 42.0 Å². The SMILES string of the molecule is CCNC(CN1C(C)CCCC1C)C(N)=O. The van der Waals surface area contributed by atoms with Gasteiger partial charge in [0.2, 0.25) is 5.91 Å². The van der Waals surface area contributed by atoms with Gasteiger partial charge in [-0.1, -0.05) is 13.3 Å². The molecule has 1 aliphatic heterocycles. The molecule has 4 nitrogen and oxygen atoms in total. The van der Waals surface area contributed by atoms with Crippen molar-refractivity contribution in [2.75, 3.05) is 13.1 Å². The van der Waals surface area contributed by atoms with Gasteiger partial charge in [0.25, 0.3) is 0 Å². The zero-order chi connectivity index (χ0) is 12.1. The highest BCUT2D eigenvalue weighted by molar-refractivity contribution is 5.80. The van der Waals surface area contributed by atoms with Crippen LogP contribution in [0.3, 0.4) is 0 Å². The number of piperidine rings is 1. The molecule has 1 saturated heterocycles. The van der Waals surface area contributed by atoms with E-state index in [0.717, 1.165) is 13.1 Å². The number of carbonyl (C=O) groups excluding carboxylic acids is 1. The van der Waals surface area contributed by atoms with Gasteiger partial charge in [0.15, 0.2) is 0 Å². The van der Waals surface area contributed by atoms with Crippen LogP contribution in [0.5, 0.6) is 0 Å². The maximum atomic E-state index is 11.3. The lowest BCUT2D eigenvalue weighted by molar-refractivity contribution is -0.120. The summed E-state index contributed by atoms with van der Waals surface area (Å²) in [5, 5.41) is 3.15. The Kier molecular flexibility index (Phi) is 5.22. The van der Waals surface area contributed by atoms with Crippen molar-refractivity contribution in [1.82, 2.24) is 10.2 Å². The van der Waals surface area contributed by atoms with Crippen molar-refractivity contribution in [1.29, 1.82) is 0 Å². The van der Waals surface area contributed by atoms with Crippen molar-refractivity contribution in [3.63, 3.8) is 0 Å². The molecule has 0 spiro atoms. The Hall–Kier alpha value is -0.610. The maximum absolute atomic E-state index is 11.3. The second-order valence-corrected chi connectivity index (χ2v) is 4.84. The average Bonchev–Trinajstić information content (AvgIpc) is 2.21. The number of rotatable bonds is 5. The summed E-state index contributed by atoms with van der Waals surface area (Å²) in [6.07, 6.45) is 3.74. The van der Waals surface area contributed by atoms with Gasteiger partial charge in [0.05, 0.1) is 6.04 Å². The van der Waals surface area contributed by atoms with Gasteiger partial charge in [-0.2, -0.15) is 0 Å². The largest absolute Gasteiger partial charge is 0.368 e. The first-order valence-electron chi connectivity index (χ1n) is 6.34. The highest BCUT2D eigenvalue weighted by Crippen LogP contribution is 2.22. The molecule has 1 amide bonds. The molecule has 3 N–H and O–H groups in total. The van der Waals surface area contributed by atoms with Crippen molar-refractivity contribution in [2.45, 2.75) is 58.2 Å². The Balaban J connectivity index is 2.57. The van der Waals surface area contributed by atoms with Crippen LogP contribution in [0.4, 0.5) is 0 Å².